The molecule has 3 aromatic rings. The van der Waals surface area contributed by atoms with Gasteiger partial charge in [-0.05, 0) is 61.5 Å². The van der Waals surface area contributed by atoms with Crippen LogP contribution in [0.1, 0.15) is 5.69 Å². The fourth-order valence-electron chi connectivity index (χ4n) is 2.87. The van der Waals surface area contributed by atoms with Crippen LogP contribution in [0.5, 0.6) is 5.75 Å². The van der Waals surface area contributed by atoms with Crippen LogP contribution in [0.3, 0.4) is 0 Å². The van der Waals surface area contributed by atoms with Gasteiger partial charge in [0.25, 0.3) is 10.0 Å². The van der Waals surface area contributed by atoms with Gasteiger partial charge in [0.15, 0.2) is 0 Å². The third kappa shape index (κ3) is 6.42. The lowest BCUT2D eigenvalue weighted by Crippen LogP contribution is -2.37. The lowest BCUT2D eigenvalue weighted by molar-refractivity contribution is -0.114. The Morgan fingerprint density at radius 2 is 1.65 bits per heavy atom. The van der Waals surface area contributed by atoms with Crippen molar-refractivity contribution < 1.29 is 26.4 Å². The maximum Gasteiger partial charge on any atom is 0.264 e. The van der Waals surface area contributed by atoms with Crippen LogP contribution in [0.25, 0.3) is 0 Å². The summed E-state index contributed by atoms with van der Waals surface area (Å²) in [5, 5.41) is 2.56. The summed E-state index contributed by atoms with van der Waals surface area (Å²) in [6.45, 7) is 1.23. The number of aromatic nitrogens is 2. The van der Waals surface area contributed by atoms with Crippen LogP contribution in [0.4, 0.5) is 17.3 Å². The molecule has 2 N–H and O–H groups in total. The van der Waals surface area contributed by atoms with E-state index in [0.29, 0.717) is 22.8 Å². The highest BCUT2D eigenvalue weighted by Crippen LogP contribution is 2.22. The maximum atomic E-state index is 12.5. The molecule has 1 amide bonds. The molecular weight excluding hydrogens is 482 g/mol. The number of ether oxygens (including phenoxy) is 1. The van der Waals surface area contributed by atoms with Crippen molar-refractivity contribution in [1.82, 2.24) is 9.97 Å². The SMILES string of the molecule is COc1ccc(N(CC(=O)Nc2ccc(S(=O)(=O)Nc3nccc(C)n3)cc2)S(C)(=O)=O)cc1. The van der Waals surface area contributed by atoms with E-state index in [1.165, 1.54) is 49.7 Å². The van der Waals surface area contributed by atoms with Crippen molar-refractivity contribution in [1.29, 1.82) is 0 Å². The highest BCUT2D eigenvalue weighted by molar-refractivity contribution is 7.92. The predicted molar refractivity (Wildman–Crippen MR) is 128 cm³/mol. The monoisotopic (exact) mass is 505 g/mol. The Labute approximate surface area is 197 Å². The molecule has 11 nitrogen and oxygen atoms in total. The number of benzene rings is 2. The van der Waals surface area contributed by atoms with E-state index in [4.69, 9.17) is 4.74 Å². The summed E-state index contributed by atoms with van der Waals surface area (Å²) in [5.74, 6) is -0.125. The summed E-state index contributed by atoms with van der Waals surface area (Å²) in [6.07, 6.45) is 2.43. The van der Waals surface area contributed by atoms with Gasteiger partial charge in [0.05, 0.1) is 23.9 Å². The van der Waals surface area contributed by atoms with Gasteiger partial charge in [-0.1, -0.05) is 0 Å². The van der Waals surface area contributed by atoms with Crippen molar-refractivity contribution in [2.75, 3.05) is 34.3 Å². The quantitative estimate of drug-likeness (QED) is 0.449. The highest BCUT2D eigenvalue weighted by Gasteiger charge is 2.21. The number of carbonyl (C=O) groups is 1. The molecule has 0 atom stereocenters. The zero-order valence-corrected chi connectivity index (χ0v) is 20.2. The summed E-state index contributed by atoms with van der Waals surface area (Å²) < 4.78 is 57.9. The molecule has 0 saturated heterocycles. The Bertz CT molecular complexity index is 1380. The summed E-state index contributed by atoms with van der Waals surface area (Å²) in [4.78, 5) is 20.3. The molecular formula is C21H23N5O6S2. The minimum Gasteiger partial charge on any atom is -0.497 e. The number of rotatable bonds is 9. The van der Waals surface area contributed by atoms with Gasteiger partial charge >= 0.3 is 0 Å². The normalized spacial score (nSPS) is 11.5. The number of hydrogen-bond donors (Lipinski definition) is 2. The molecule has 0 spiro atoms. The lowest BCUT2D eigenvalue weighted by Gasteiger charge is -2.22. The molecule has 0 unspecified atom stereocenters. The van der Waals surface area contributed by atoms with Gasteiger partial charge in [0.2, 0.25) is 21.9 Å². The van der Waals surface area contributed by atoms with E-state index in [1.54, 1.807) is 25.1 Å². The molecule has 3 rings (SSSR count). The molecule has 2 aromatic carbocycles. The molecule has 1 aromatic heterocycles. The number of hydrogen-bond acceptors (Lipinski definition) is 8. The van der Waals surface area contributed by atoms with Crippen molar-refractivity contribution >= 4 is 43.3 Å². The van der Waals surface area contributed by atoms with Crippen LogP contribution in [0.2, 0.25) is 0 Å². The fourth-order valence-corrected chi connectivity index (χ4v) is 4.68. The first-order chi connectivity index (χ1) is 16.0. The molecule has 13 heteroatoms. The topological polar surface area (TPSA) is 148 Å². The molecule has 0 aliphatic rings. The third-order valence-electron chi connectivity index (χ3n) is 4.52. The van der Waals surface area contributed by atoms with Gasteiger partial charge in [-0.15, -0.1) is 0 Å². The number of aryl methyl sites for hydroxylation is 1. The molecule has 180 valence electrons. The van der Waals surface area contributed by atoms with Crippen molar-refractivity contribution in [3.63, 3.8) is 0 Å². The summed E-state index contributed by atoms with van der Waals surface area (Å²) in [6, 6.07) is 13.2. The first-order valence-corrected chi connectivity index (χ1v) is 13.2. The molecule has 0 bridgehead atoms. The van der Waals surface area contributed by atoms with Gasteiger partial charge in [-0.2, -0.15) is 0 Å². The molecule has 0 fully saturated rings. The number of anilines is 3. The van der Waals surface area contributed by atoms with Crippen molar-refractivity contribution in [3.05, 3.63) is 66.5 Å². The number of carbonyl (C=O) groups excluding carboxylic acids is 1. The van der Waals surface area contributed by atoms with E-state index in [2.05, 4.69) is 20.0 Å². The third-order valence-corrected chi connectivity index (χ3v) is 7.00. The summed E-state index contributed by atoms with van der Waals surface area (Å²) in [7, 11) is -6.21. The Balaban J connectivity index is 1.70. The van der Waals surface area contributed by atoms with Crippen LogP contribution in [-0.4, -0.2) is 52.6 Å². The predicted octanol–water partition coefficient (Wildman–Crippen LogP) is 2.00. The fraction of sp³-hybridized carbons (Fsp3) is 0.190. The lowest BCUT2D eigenvalue weighted by atomic mass is 10.3. The van der Waals surface area contributed by atoms with E-state index in [1.807, 2.05) is 0 Å². The van der Waals surface area contributed by atoms with Crippen LogP contribution < -0.4 is 19.1 Å². The second-order valence-electron chi connectivity index (χ2n) is 7.17. The smallest absolute Gasteiger partial charge is 0.264 e. The zero-order chi connectivity index (χ0) is 24.9. The van der Waals surface area contributed by atoms with E-state index >= 15 is 0 Å². The van der Waals surface area contributed by atoms with Gasteiger partial charge < -0.3 is 10.1 Å². The van der Waals surface area contributed by atoms with Crippen molar-refractivity contribution in [2.24, 2.45) is 0 Å². The largest absolute Gasteiger partial charge is 0.497 e. The van der Waals surface area contributed by atoms with Gasteiger partial charge in [0.1, 0.15) is 12.3 Å². The first-order valence-electron chi connectivity index (χ1n) is 9.82. The van der Waals surface area contributed by atoms with Crippen molar-refractivity contribution in [2.45, 2.75) is 11.8 Å². The Morgan fingerprint density at radius 1 is 1.00 bits per heavy atom. The standard InChI is InChI=1S/C21H23N5O6S2/c1-15-12-13-22-21(23-15)25-34(30,31)19-10-4-16(5-11-19)24-20(27)14-26(33(3,28)29)17-6-8-18(32-2)9-7-17/h4-13H,14H2,1-3H3,(H,24,27)(H,22,23,25). The molecule has 0 aliphatic heterocycles. The van der Waals surface area contributed by atoms with E-state index in [-0.39, 0.29) is 10.8 Å². The number of nitrogens with one attached hydrogen (secondary N) is 2. The Morgan fingerprint density at radius 3 is 2.21 bits per heavy atom. The van der Waals surface area contributed by atoms with E-state index in [0.717, 1.165) is 10.6 Å². The zero-order valence-electron chi connectivity index (χ0n) is 18.6. The summed E-state index contributed by atoms with van der Waals surface area (Å²) >= 11 is 0. The minimum absolute atomic E-state index is 0.0585. The number of amides is 1. The van der Waals surface area contributed by atoms with Gasteiger partial charge in [-0.3, -0.25) is 9.10 Å². The van der Waals surface area contributed by atoms with E-state index < -0.39 is 32.5 Å². The van der Waals surface area contributed by atoms with Gasteiger partial charge in [0, 0.05) is 17.6 Å². The average molecular weight is 506 g/mol. The van der Waals surface area contributed by atoms with Crippen LogP contribution in [0, 0.1) is 6.92 Å². The molecule has 0 saturated carbocycles. The van der Waals surface area contributed by atoms with Crippen molar-refractivity contribution in [3.8, 4) is 5.75 Å². The Kier molecular flexibility index (Phi) is 7.37. The van der Waals surface area contributed by atoms with Gasteiger partial charge in [-0.25, -0.2) is 31.5 Å². The Hall–Kier alpha value is -3.71. The maximum absolute atomic E-state index is 12.5. The number of sulfonamides is 2. The highest BCUT2D eigenvalue weighted by atomic mass is 32.2. The van der Waals surface area contributed by atoms with Crippen LogP contribution in [-0.2, 0) is 24.8 Å². The molecule has 34 heavy (non-hydrogen) atoms. The summed E-state index contributed by atoms with van der Waals surface area (Å²) in [5.41, 5.74) is 1.19. The number of nitrogens with zero attached hydrogens (tertiary/aromatic N) is 3. The molecule has 0 aliphatic carbocycles. The molecule has 1 heterocycles. The minimum atomic E-state index is -3.94. The van der Waals surface area contributed by atoms with Crippen LogP contribution in [0.15, 0.2) is 65.7 Å². The van der Waals surface area contributed by atoms with E-state index in [9.17, 15) is 21.6 Å². The average Bonchev–Trinajstić information content (AvgIpc) is 2.77. The molecule has 0 radical (unpaired) electrons. The second-order valence-corrected chi connectivity index (χ2v) is 10.8. The number of methoxy groups -OCH3 is 1. The first kappa shape index (κ1) is 24.9. The van der Waals surface area contributed by atoms with Crippen LogP contribution >= 0.6 is 0 Å². The second kappa shape index (κ2) is 10.1.